The van der Waals surface area contributed by atoms with Crippen LogP contribution in [0.4, 0.5) is 0 Å². The Morgan fingerprint density at radius 1 is 1.33 bits per heavy atom. The highest BCUT2D eigenvalue weighted by atomic mass is 16.1. The summed E-state index contributed by atoms with van der Waals surface area (Å²) < 4.78 is 2.10. The highest BCUT2D eigenvalue weighted by Gasteiger charge is 2.24. The number of aromatic nitrogens is 2. The minimum atomic E-state index is -0.563. The zero-order valence-electron chi connectivity index (χ0n) is 12.8. The van der Waals surface area contributed by atoms with Gasteiger partial charge < -0.3 is 11.1 Å². The van der Waals surface area contributed by atoms with Crippen LogP contribution < -0.4 is 11.1 Å². The molecular weight excluding hydrogens is 264 g/mol. The second-order valence-corrected chi connectivity index (χ2v) is 5.82. The number of hydrogen-bond acceptors (Lipinski definition) is 3. The zero-order valence-corrected chi connectivity index (χ0v) is 12.8. The summed E-state index contributed by atoms with van der Waals surface area (Å²) in [5.41, 5.74) is 6.95. The van der Waals surface area contributed by atoms with E-state index in [-0.39, 0.29) is 5.91 Å². The molecule has 5 nitrogen and oxygen atoms in total. The van der Waals surface area contributed by atoms with E-state index >= 15 is 0 Å². The fourth-order valence-corrected chi connectivity index (χ4v) is 2.14. The quantitative estimate of drug-likeness (QED) is 0.850. The van der Waals surface area contributed by atoms with Crippen molar-refractivity contribution in [1.82, 2.24) is 14.9 Å². The normalized spacial score (nSPS) is 11.6. The second kappa shape index (κ2) is 6.10. The monoisotopic (exact) mass is 286 g/mol. The van der Waals surface area contributed by atoms with Crippen molar-refractivity contribution in [2.24, 2.45) is 11.1 Å². The molecule has 3 N–H and O–H groups in total. The fourth-order valence-electron chi connectivity index (χ4n) is 2.14. The van der Waals surface area contributed by atoms with Crippen molar-refractivity contribution in [3.63, 3.8) is 0 Å². The van der Waals surface area contributed by atoms with Crippen LogP contribution in [-0.4, -0.2) is 22.0 Å². The van der Waals surface area contributed by atoms with Gasteiger partial charge in [-0.2, -0.15) is 0 Å². The lowest BCUT2D eigenvalue weighted by molar-refractivity contribution is -0.125. The predicted octanol–water partition coefficient (Wildman–Crippen LogP) is 1.78. The Hall–Kier alpha value is -2.14. The third-order valence-electron chi connectivity index (χ3n) is 3.57. The Morgan fingerprint density at radius 2 is 2.00 bits per heavy atom. The lowest BCUT2D eigenvalue weighted by Gasteiger charge is -2.21. The number of carbonyl (C=O) groups is 1. The number of rotatable bonds is 6. The summed E-state index contributed by atoms with van der Waals surface area (Å²) in [6.07, 6.45) is 1.85. The summed E-state index contributed by atoms with van der Waals surface area (Å²) in [6, 6.07) is 10.1. The molecule has 1 aromatic heterocycles. The number of nitrogens with one attached hydrogen (secondary N) is 1. The van der Waals surface area contributed by atoms with Gasteiger partial charge in [0, 0.05) is 18.8 Å². The highest BCUT2D eigenvalue weighted by Crippen LogP contribution is 2.16. The van der Waals surface area contributed by atoms with Crippen LogP contribution in [0.1, 0.15) is 25.4 Å². The molecule has 0 bridgehead atoms. The number of imidazole rings is 1. The summed E-state index contributed by atoms with van der Waals surface area (Å²) in [5, 5.41) is 3.29. The first-order valence-electron chi connectivity index (χ1n) is 7.01. The predicted molar refractivity (Wildman–Crippen MR) is 83.0 cm³/mol. The molecule has 0 atom stereocenters. The van der Waals surface area contributed by atoms with Crippen molar-refractivity contribution in [3.05, 3.63) is 48.0 Å². The van der Waals surface area contributed by atoms with Crippen molar-refractivity contribution in [3.8, 4) is 5.69 Å². The van der Waals surface area contributed by atoms with E-state index < -0.39 is 5.41 Å². The minimum absolute atomic E-state index is 0.303. The number of hydrogen-bond donors (Lipinski definition) is 2. The third-order valence-corrected chi connectivity index (χ3v) is 3.57. The Bertz CT molecular complexity index is 616. The van der Waals surface area contributed by atoms with Gasteiger partial charge in [0.05, 0.1) is 17.3 Å². The summed E-state index contributed by atoms with van der Waals surface area (Å²) >= 11 is 0. The van der Waals surface area contributed by atoms with Gasteiger partial charge >= 0.3 is 0 Å². The molecule has 5 heteroatoms. The van der Waals surface area contributed by atoms with Crippen molar-refractivity contribution >= 4 is 5.91 Å². The van der Waals surface area contributed by atoms with Crippen molar-refractivity contribution < 1.29 is 4.79 Å². The number of nitrogens with zero attached hydrogens (tertiary/aromatic N) is 2. The third kappa shape index (κ3) is 3.49. The topological polar surface area (TPSA) is 72.9 Å². The van der Waals surface area contributed by atoms with Crippen LogP contribution >= 0.6 is 0 Å². The molecule has 2 aromatic rings. The van der Waals surface area contributed by atoms with Gasteiger partial charge in [-0.25, -0.2) is 4.98 Å². The molecule has 0 spiro atoms. The summed E-state index contributed by atoms with van der Waals surface area (Å²) in [4.78, 5) is 15.7. The summed E-state index contributed by atoms with van der Waals surface area (Å²) in [6.45, 7) is 6.81. The van der Waals surface area contributed by atoms with Gasteiger partial charge in [-0.05, 0) is 32.9 Å². The standard InChI is InChI=1S/C16H22N4O/c1-12-19-10-14(9-18-11-16(2,3)15(17)21)20(12)13-7-5-4-6-8-13/h4-8,10,18H,9,11H2,1-3H3,(H2,17,21). The average Bonchev–Trinajstić information content (AvgIpc) is 2.80. The van der Waals surface area contributed by atoms with E-state index in [1.165, 1.54) is 0 Å². The molecule has 21 heavy (non-hydrogen) atoms. The van der Waals surface area contributed by atoms with E-state index in [1.54, 1.807) is 0 Å². The van der Waals surface area contributed by atoms with Gasteiger partial charge in [-0.15, -0.1) is 0 Å². The molecule has 0 saturated carbocycles. The van der Waals surface area contributed by atoms with Gasteiger partial charge in [0.25, 0.3) is 0 Å². The smallest absolute Gasteiger partial charge is 0.224 e. The van der Waals surface area contributed by atoms with Gasteiger partial charge in [0.2, 0.25) is 5.91 Å². The Balaban J connectivity index is 2.11. The summed E-state index contributed by atoms with van der Waals surface area (Å²) in [7, 11) is 0. The lowest BCUT2D eigenvalue weighted by Crippen LogP contribution is -2.40. The van der Waals surface area contributed by atoms with Crippen LogP contribution in [0.3, 0.4) is 0 Å². The van der Waals surface area contributed by atoms with Crippen LogP contribution in [-0.2, 0) is 11.3 Å². The maximum atomic E-state index is 11.3. The Morgan fingerprint density at radius 3 is 2.62 bits per heavy atom. The van der Waals surface area contributed by atoms with Gasteiger partial charge in [-0.3, -0.25) is 9.36 Å². The van der Waals surface area contributed by atoms with E-state index in [0.29, 0.717) is 13.1 Å². The highest BCUT2D eigenvalue weighted by molar-refractivity contribution is 5.80. The molecule has 2 rings (SSSR count). The summed E-state index contributed by atoms with van der Waals surface area (Å²) in [5.74, 6) is 0.634. The van der Waals surface area contributed by atoms with Gasteiger partial charge in [-0.1, -0.05) is 18.2 Å². The van der Waals surface area contributed by atoms with Crippen molar-refractivity contribution in [2.75, 3.05) is 6.54 Å². The number of primary amides is 1. The lowest BCUT2D eigenvalue weighted by atomic mass is 9.93. The first-order chi connectivity index (χ1) is 9.92. The zero-order chi connectivity index (χ0) is 15.5. The molecule has 1 heterocycles. The van der Waals surface area contributed by atoms with Crippen LogP contribution in [0.25, 0.3) is 5.69 Å². The molecule has 1 amide bonds. The van der Waals surface area contributed by atoms with E-state index in [1.807, 2.05) is 57.3 Å². The molecular formula is C16H22N4O. The SMILES string of the molecule is Cc1ncc(CNCC(C)(C)C(N)=O)n1-c1ccccc1. The van der Waals surface area contributed by atoms with E-state index in [2.05, 4.69) is 14.9 Å². The van der Waals surface area contributed by atoms with Gasteiger partial charge in [0.1, 0.15) is 5.82 Å². The molecule has 0 aliphatic heterocycles. The maximum absolute atomic E-state index is 11.3. The van der Waals surface area contributed by atoms with E-state index in [9.17, 15) is 4.79 Å². The van der Waals surface area contributed by atoms with Crippen molar-refractivity contribution in [1.29, 1.82) is 0 Å². The first-order valence-corrected chi connectivity index (χ1v) is 7.01. The number of benzene rings is 1. The van der Waals surface area contributed by atoms with Crippen LogP contribution in [0.5, 0.6) is 0 Å². The number of para-hydroxylation sites is 1. The Kier molecular flexibility index (Phi) is 4.43. The Labute approximate surface area is 125 Å². The number of amides is 1. The van der Waals surface area contributed by atoms with Crippen LogP contribution in [0.15, 0.2) is 36.5 Å². The molecule has 0 saturated heterocycles. The largest absolute Gasteiger partial charge is 0.369 e. The molecule has 0 unspecified atom stereocenters. The minimum Gasteiger partial charge on any atom is -0.369 e. The van der Waals surface area contributed by atoms with Crippen LogP contribution in [0, 0.1) is 12.3 Å². The molecule has 0 fully saturated rings. The van der Waals surface area contributed by atoms with Gasteiger partial charge in [0.15, 0.2) is 0 Å². The maximum Gasteiger partial charge on any atom is 0.224 e. The first kappa shape index (κ1) is 15.3. The van der Waals surface area contributed by atoms with Crippen molar-refractivity contribution in [2.45, 2.75) is 27.3 Å². The second-order valence-electron chi connectivity index (χ2n) is 5.82. The van der Waals surface area contributed by atoms with E-state index in [0.717, 1.165) is 17.2 Å². The molecule has 112 valence electrons. The average molecular weight is 286 g/mol. The van der Waals surface area contributed by atoms with E-state index in [4.69, 9.17) is 5.73 Å². The molecule has 0 aliphatic carbocycles. The number of carbonyl (C=O) groups excluding carboxylic acids is 1. The fraction of sp³-hybridized carbons (Fsp3) is 0.375. The van der Waals surface area contributed by atoms with Crippen LogP contribution in [0.2, 0.25) is 0 Å². The molecule has 1 aromatic carbocycles. The number of aryl methyl sites for hydroxylation is 1. The number of nitrogens with two attached hydrogens (primary N) is 1. The molecule has 0 radical (unpaired) electrons. The molecule has 0 aliphatic rings.